The van der Waals surface area contributed by atoms with Gasteiger partial charge in [-0.15, -0.1) is 0 Å². The Labute approximate surface area is 108 Å². The molecular formula is C14H16O3S. The molecule has 0 spiro atoms. The van der Waals surface area contributed by atoms with E-state index in [1.807, 2.05) is 25.1 Å². The van der Waals surface area contributed by atoms with Crippen LogP contribution in [-0.4, -0.2) is 13.0 Å². The van der Waals surface area contributed by atoms with Gasteiger partial charge < -0.3 is 0 Å². The quantitative estimate of drug-likeness (QED) is 0.845. The Morgan fingerprint density at radius 3 is 2.33 bits per heavy atom. The number of hydrogen-bond donors (Lipinski definition) is 1. The van der Waals surface area contributed by atoms with Crippen LogP contribution in [0.25, 0.3) is 11.1 Å². The Morgan fingerprint density at radius 1 is 1.11 bits per heavy atom. The maximum absolute atomic E-state index is 11.3. The van der Waals surface area contributed by atoms with Crippen molar-refractivity contribution >= 4 is 10.1 Å². The molecule has 96 valence electrons. The van der Waals surface area contributed by atoms with E-state index in [0.717, 1.165) is 16.7 Å². The Balaban J connectivity index is 2.76. The van der Waals surface area contributed by atoms with Crippen LogP contribution >= 0.6 is 0 Å². The van der Waals surface area contributed by atoms with E-state index in [1.54, 1.807) is 6.07 Å². The van der Waals surface area contributed by atoms with Gasteiger partial charge in [0.1, 0.15) is 4.90 Å². The molecule has 2 aliphatic carbocycles. The third-order valence-electron chi connectivity index (χ3n) is 3.14. The van der Waals surface area contributed by atoms with Gasteiger partial charge in [0.05, 0.1) is 0 Å². The zero-order valence-electron chi connectivity index (χ0n) is 10.6. The first-order valence-corrected chi connectivity index (χ1v) is 7.25. The van der Waals surface area contributed by atoms with E-state index in [2.05, 4.69) is 13.8 Å². The van der Waals surface area contributed by atoms with Gasteiger partial charge in [-0.1, -0.05) is 38.1 Å². The fraction of sp³-hybridized carbons (Fsp3) is 0.286. The molecule has 0 saturated heterocycles. The van der Waals surface area contributed by atoms with Gasteiger partial charge in [0.25, 0.3) is 10.1 Å². The fourth-order valence-corrected chi connectivity index (χ4v) is 2.89. The minimum atomic E-state index is -4.17. The van der Waals surface area contributed by atoms with E-state index >= 15 is 0 Å². The number of fused-ring (bicyclic) bond motifs is 1. The molecule has 2 aliphatic rings. The predicted molar refractivity (Wildman–Crippen MR) is 71.7 cm³/mol. The summed E-state index contributed by atoms with van der Waals surface area (Å²) in [6.07, 6.45) is 0. The molecule has 0 saturated carbocycles. The third kappa shape index (κ3) is 2.26. The second-order valence-electron chi connectivity index (χ2n) is 4.82. The fourth-order valence-electron chi connectivity index (χ4n) is 2.10. The Kier molecular flexibility index (Phi) is 3.17. The summed E-state index contributed by atoms with van der Waals surface area (Å²) in [5, 5.41) is 0. The summed E-state index contributed by atoms with van der Waals surface area (Å²) in [7, 11) is -4.17. The number of hydrogen-bond acceptors (Lipinski definition) is 2. The summed E-state index contributed by atoms with van der Waals surface area (Å²) in [5.74, 6) is 0.365. The van der Waals surface area contributed by atoms with E-state index in [9.17, 15) is 13.0 Å². The zero-order valence-corrected chi connectivity index (χ0v) is 11.5. The third-order valence-corrected chi connectivity index (χ3v) is 4.03. The minimum absolute atomic E-state index is 0.0130. The van der Waals surface area contributed by atoms with E-state index in [1.165, 1.54) is 6.07 Å². The molecule has 0 fully saturated rings. The van der Waals surface area contributed by atoms with Gasteiger partial charge in [0.2, 0.25) is 0 Å². The first-order chi connectivity index (χ1) is 8.30. The molecule has 0 heterocycles. The molecule has 0 aromatic carbocycles. The SMILES string of the molecule is Cc1cc(S(=O)(=O)O)c2cccc(C(C)C)cc1-2. The highest BCUT2D eigenvalue weighted by Gasteiger charge is 2.21. The molecule has 0 aromatic rings. The van der Waals surface area contributed by atoms with Crippen LogP contribution in [0.2, 0.25) is 0 Å². The molecule has 0 aliphatic heterocycles. The molecule has 0 atom stereocenters. The van der Waals surface area contributed by atoms with Crippen LogP contribution in [0.3, 0.4) is 0 Å². The Morgan fingerprint density at radius 2 is 1.78 bits per heavy atom. The van der Waals surface area contributed by atoms with Gasteiger partial charge in [-0.3, -0.25) is 4.55 Å². The zero-order chi connectivity index (χ0) is 13.5. The van der Waals surface area contributed by atoms with Gasteiger partial charge >= 0.3 is 0 Å². The lowest BCUT2D eigenvalue weighted by atomic mass is 10.0. The normalized spacial score (nSPS) is 12.3. The number of aryl methyl sites for hydroxylation is 1. The Bertz CT molecular complexity index is 657. The van der Waals surface area contributed by atoms with Gasteiger partial charge in [-0.2, -0.15) is 8.42 Å². The lowest BCUT2D eigenvalue weighted by Gasteiger charge is -2.03. The van der Waals surface area contributed by atoms with Crippen LogP contribution in [-0.2, 0) is 10.1 Å². The summed E-state index contributed by atoms with van der Waals surface area (Å²) in [4.78, 5) is -0.0130. The van der Waals surface area contributed by atoms with Crippen molar-refractivity contribution in [2.45, 2.75) is 31.6 Å². The van der Waals surface area contributed by atoms with E-state index in [4.69, 9.17) is 0 Å². The lowest BCUT2D eigenvalue weighted by Crippen LogP contribution is -1.96. The van der Waals surface area contributed by atoms with Crippen molar-refractivity contribution in [2.75, 3.05) is 0 Å². The standard InChI is InChI=1S/C14H16O3S/c1-9(2)11-5-4-6-12-13(8-11)10(3)7-14(12)18(15,16)17/h4-9H,1-3H3,(H,15,16,17). The van der Waals surface area contributed by atoms with E-state index in [-0.39, 0.29) is 4.90 Å². The number of rotatable bonds is 2. The van der Waals surface area contributed by atoms with Crippen molar-refractivity contribution in [2.24, 2.45) is 0 Å². The average Bonchev–Trinajstić information content (AvgIpc) is 2.47. The molecule has 1 N–H and O–H groups in total. The lowest BCUT2D eigenvalue weighted by molar-refractivity contribution is 0.484. The smallest absolute Gasteiger partial charge is 0.282 e. The monoisotopic (exact) mass is 264 g/mol. The second-order valence-corrected chi connectivity index (χ2v) is 6.21. The minimum Gasteiger partial charge on any atom is -0.282 e. The van der Waals surface area contributed by atoms with E-state index in [0.29, 0.717) is 11.5 Å². The van der Waals surface area contributed by atoms with Gasteiger partial charge in [-0.05, 0) is 35.6 Å². The summed E-state index contributed by atoms with van der Waals surface area (Å²) < 4.78 is 31.9. The van der Waals surface area contributed by atoms with Crippen molar-refractivity contribution in [3.8, 4) is 11.1 Å². The molecule has 0 bridgehead atoms. The maximum Gasteiger partial charge on any atom is 0.295 e. The molecule has 0 radical (unpaired) electrons. The largest absolute Gasteiger partial charge is 0.295 e. The van der Waals surface area contributed by atoms with Crippen LogP contribution in [0.4, 0.5) is 0 Å². The maximum atomic E-state index is 11.3. The average molecular weight is 264 g/mol. The molecule has 3 nitrogen and oxygen atoms in total. The molecule has 2 rings (SSSR count). The van der Waals surface area contributed by atoms with Crippen LogP contribution in [0.15, 0.2) is 35.2 Å². The first kappa shape index (κ1) is 13.1. The molecule has 0 aromatic heterocycles. The Hall–Kier alpha value is -1.39. The highest BCUT2D eigenvalue weighted by Crippen LogP contribution is 2.35. The van der Waals surface area contributed by atoms with Gasteiger partial charge in [-0.25, -0.2) is 0 Å². The topological polar surface area (TPSA) is 54.4 Å². The molecule has 4 heteroatoms. The van der Waals surface area contributed by atoms with Crippen molar-refractivity contribution < 1.29 is 13.0 Å². The van der Waals surface area contributed by atoms with Gasteiger partial charge in [0.15, 0.2) is 0 Å². The van der Waals surface area contributed by atoms with Crippen molar-refractivity contribution in [3.05, 3.63) is 41.5 Å². The van der Waals surface area contributed by atoms with Crippen molar-refractivity contribution in [3.63, 3.8) is 0 Å². The summed E-state index contributed by atoms with van der Waals surface area (Å²) in [5.41, 5.74) is 3.44. The van der Waals surface area contributed by atoms with Crippen LogP contribution in [0, 0.1) is 6.92 Å². The van der Waals surface area contributed by atoms with Gasteiger partial charge in [0, 0.05) is 5.56 Å². The van der Waals surface area contributed by atoms with Crippen molar-refractivity contribution in [1.29, 1.82) is 0 Å². The second kappa shape index (κ2) is 4.37. The predicted octanol–water partition coefficient (Wildman–Crippen LogP) is 3.47. The summed E-state index contributed by atoms with van der Waals surface area (Å²) in [6, 6.07) is 9.04. The first-order valence-electron chi connectivity index (χ1n) is 5.81. The molecular weight excluding hydrogens is 248 g/mol. The van der Waals surface area contributed by atoms with Crippen LogP contribution in [0.1, 0.15) is 30.9 Å². The summed E-state index contributed by atoms with van der Waals surface area (Å²) in [6.45, 7) is 6.02. The molecule has 18 heavy (non-hydrogen) atoms. The molecule has 0 amide bonds. The van der Waals surface area contributed by atoms with E-state index < -0.39 is 10.1 Å². The van der Waals surface area contributed by atoms with Crippen LogP contribution in [0.5, 0.6) is 0 Å². The van der Waals surface area contributed by atoms with Crippen LogP contribution < -0.4 is 0 Å². The highest BCUT2D eigenvalue weighted by molar-refractivity contribution is 7.86. The molecule has 0 unspecified atom stereocenters. The summed E-state index contributed by atoms with van der Waals surface area (Å²) >= 11 is 0. The van der Waals surface area contributed by atoms with Crippen molar-refractivity contribution in [1.82, 2.24) is 0 Å². The highest BCUT2D eigenvalue weighted by atomic mass is 32.2.